The second-order valence-corrected chi connectivity index (χ2v) is 4.78. The summed E-state index contributed by atoms with van der Waals surface area (Å²) in [5.74, 6) is -0.322. The molecule has 2 aromatic rings. The summed E-state index contributed by atoms with van der Waals surface area (Å²) in [6.45, 7) is 2.62. The van der Waals surface area contributed by atoms with Gasteiger partial charge in [-0.15, -0.1) is 0 Å². The third-order valence-corrected chi connectivity index (χ3v) is 3.13. The average Bonchev–Trinajstić information content (AvgIpc) is 2.38. The number of nitrogens with zero attached hydrogens (tertiary/aromatic N) is 1. The SMILES string of the molecule is Cc1cccc(CN(C)c2ccc(F)cc2CO)c1. The molecule has 0 fully saturated rings. The average molecular weight is 259 g/mol. The van der Waals surface area contributed by atoms with Gasteiger partial charge in [-0.2, -0.15) is 0 Å². The van der Waals surface area contributed by atoms with Crippen molar-refractivity contribution in [1.82, 2.24) is 0 Å². The van der Waals surface area contributed by atoms with Gasteiger partial charge in [-0.05, 0) is 30.7 Å². The van der Waals surface area contributed by atoms with E-state index in [1.807, 2.05) is 18.0 Å². The first-order valence-corrected chi connectivity index (χ1v) is 6.26. The molecule has 0 saturated heterocycles. The molecule has 19 heavy (non-hydrogen) atoms. The molecule has 2 aromatic carbocycles. The van der Waals surface area contributed by atoms with Crippen LogP contribution in [0.15, 0.2) is 42.5 Å². The van der Waals surface area contributed by atoms with Gasteiger partial charge in [0.1, 0.15) is 5.82 Å². The molecular weight excluding hydrogens is 241 g/mol. The number of rotatable bonds is 4. The minimum absolute atomic E-state index is 0.161. The fourth-order valence-electron chi connectivity index (χ4n) is 2.22. The van der Waals surface area contributed by atoms with E-state index in [1.165, 1.54) is 23.3 Å². The Balaban J connectivity index is 2.22. The van der Waals surface area contributed by atoms with Gasteiger partial charge in [0.05, 0.1) is 6.61 Å². The van der Waals surface area contributed by atoms with Crippen molar-refractivity contribution in [2.45, 2.75) is 20.1 Å². The van der Waals surface area contributed by atoms with Gasteiger partial charge in [0, 0.05) is 24.8 Å². The van der Waals surface area contributed by atoms with E-state index in [4.69, 9.17) is 0 Å². The quantitative estimate of drug-likeness (QED) is 0.911. The van der Waals surface area contributed by atoms with E-state index in [0.29, 0.717) is 5.56 Å². The van der Waals surface area contributed by atoms with E-state index in [-0.39, 0.29) is 12.4 Å². The van der Waals surface area contributed by atoms with Gasteiger partial charge in [0.15, 0.2) is 0 Å². The molecule has 0 spiro atoms. The van der Waals surface area contributed by atoms with Crippen molar-refractivity contribution in [3.05, 3.63) is 65.0 Å². The molecule has 0 saturated carbocycles. The summed E-state index contributed by atoms with van der Waals surface area (Å²) in [4.78, 5) is 2.01. The number of halogens is 1. The number of benzene rings is 2. The van der Waals surface area contributed by atoms with Gasteiger partial charge in [-0.3, -0.25) is 0 Å². The lowest BCUT2D eigenvalue weighted by molar-refractivity contribution is 0.281. The molecule has 2 nitrogen and oxygen atoms in total. The molecule has 0 unspecified atom stereocenters. The van der Waals surface area contributed by atoms with E-state index >= 15 is 0 Å². The van der Waals surface area contributed by atoms with Gasteiger partial charge >= 0.3 is 0 Å². The number of hydrogen-bond donors (Lipinski definition) is 1. The Kier molecular flexibility index (Phi) is 4.17. The monoisotopic (exact) mass is 259 g/mol. The van der Waals surface area contributed by atoms with Gasteiger partial charge in [-0.25, -0.2) is 4.39 Å². The molecule has 0 bridgehead atoms. The zero-order valence-electron chi connectivity index (χ0n) is 11.2. The number of aliphatic hydroxyl groups excluding tert-OH is 1. The van der Waals surface area contributed by atoms with Crippen molar-refractivity contribution in [1.29, 1.82) is 0 Å². The van der Waals surface area contributed by atoms with Crippen LogP contribution in [0.25, 0.3) is 0 Å². The Hall–Kier alpha value is -1.87. The Labute approximate surface area is 113 Å². The third-order valence-electron chi connectivity index (χ3n) is 3.13. The molecule has 0 aliphatic carbocycles. The number of hydrogen-bond acceptors (Lipinski definition) is 2. The van der Waals surface area contributed by atoms with Crippen molar-refractivity contribution in [2.75, 3.05) is 11.9 Å². The van der Waals surface area contributed by atoms with Crippen molar-refractivity contribution in [3.63, 3.8) is 0 Å². The van der Waals surface area contributed by atoms with Crippen molar-refractivity contribution in [2.24, 2.45) is 0 Å². The normalized spacial score (nSPS) is 10.5. The van der Waals surface area contributed by atoms with E-state index in [0.717, 1.165) is 12.2 Å². The van der Waals surface area contributed by atoms with Crippen LogP contribution >= 0.6 is 0 Å². The highest BCUT2D eigenvalue weighted by Crippen LogP contribution is 2.22. The highest BCUT2D eigenvalue weighted by atomic mass is 19.1. The fourth-order valence-corrected chi connectivity index (χ4v) is 2.22. The molecule has 3 heteroatoms. The van der Waals surface area contributed by atoms with Gasteiger partial charge in [0.2, 0.25) is 0 Å². The van der Waals surface area contributed by atoms with Crippen LogP contribution in [0.1, 0.15) is 16.7 Å². The van der Waals surface area contributed by atoms with Gasteiger partial charge in [-0.1, -0.05) is 29.8 Å². The summed E-state index contributed by atoms with van der Waals surface area (Å²) in [6, 6.07) is 12.8. The molecule has 0 amide bonds. The number of aliphatic hydroxyl groups is 1. The summed E-state index contributed by atoms with van der Waals surface area (Å²) >= 11 is 0. The lowest BCUT2D eigenvalue weighted by Crippen LogP contribution is -2.18. The summed E-state index contributed by atoms with van der Waals surface area (Å²) < 4.78 is 13.1. The zero-order valence-corrected chi connectivity index (χ0v) is 11.2. The topological polar surface area (TPSA) is 23.5 Å². The van der Waals surface area contributed by atoms with Crippen LogP contribution in [-0.2, 0) is 13.2 Å². The molecule has 2 rings (SSSR count). The lowest BCUT2D eigenvalue weighted by atomic mass is 10.1. The first kappa shape index (κ1) is 13.6. The van der Waals surface area contributed by atoms with Crippen LogP contribution in [0.5, 0.6) is 0 Å². The maximum Gasteiger partial charge on any atom is 0.123 e. The van der Waals surface area contributed by atoms with E-state index in [9.17, 15) is 9.50 Å². The molecule has 0 atom stereocenters. The Morgan fingerprint density at radius 1 is 1.16 bits per heavy atom. The molecular formula is C16H18FNO. The van der Waals surface area contributed by atoms with Crippen molar-refractivity contribution in [3.8, 4) is 0 Å². The zero-order chi connectivity index (χ0) is 13.8. The molecule has 0 aliphatic rings. The van der Waals surface area contributed by atoms with Crippen LogP contribution < -0.4 is 4.90 Å². The highest BCUT2D eigenvalue weighted by molar-refractivity contribution is 5.53. The maximum atomic E-state index is 13.1. The van der Waals surface area contributed by atoms with Crippen LogP contribution in [0.4, 0.5) is 10.1 Å². The standard InChI is InChI=1S/C16H18FNO/c1-12-4-3-5-13(8-12)10-18(2)16-7-6-15(17)9-14(16)11-19/h3-9,19H,10-11H2,1-2H3. The third kappa shape index (κ3) is 3.32. The minimum Gasteiger partial charge on any atom is -0.392 e. The first-order chi connectivity index (χ1) is 9.10. The highest BCUT2D eigenvalue weighted by Gasteiger charge is 2.08. The number of anilines is 1. The van der Waals surface area contributed by atoms with E-state index < -0.39 is 0 Å². The molecule has 1 N–H and O–H groups in total. The van der Waals surface area contributed by atoms with Gasteiger partial charge in [0.25, 0.3) is 0 Å². The van der Waals surface area contributed by atoms with E-state index in [1.54, 1.807) is 6.07 Å². The summed E-state index contributed by atoms with van der Waals surface area (Å²) in [5.41, 5.74) is 3.86. The predicted octanol–water partition coefficient (Wildman–Crippen LogP) is 3.26. The van der Waals surface area contributed by atoms with Crippen molar-refractivity contribution < 1.29 is 9.50 Å². The summed E-state index contributed by atoms with van der Waals surface area (Å²) in [6.07, 6.45) is 0. The predicted molar refractivity (Wildman–Crippen MR) is 75.6 cm³/mol. The summed E-state index contributed by atoms with van der Waals surface area (Å²) in [5, 5.41) is 9.31. The molecule has 0 aliphatic heterocycles. The second kappa shape index (κ2) is 5.85. The Morgan fingerprint density at radius 2 is 1.95 bits per heavy atom. The largest absolute Gasteiger partial charge is 0.392 e. The van der Waals surface area contributed by atoms with Crippen LogP contribution in [0.3, 0.4) is 0 Å². The first-order valence-electron chi connectivity index (χ1n) is 6.26. The minimum atomic E-state index is -0.322. The summed E-state index contributed by atoms with van der Waals surface area (Å²) in [7, 11) is 1.94. The Bertz CT molecular complexity index is 568. The Morgan fingerprint density at radius 3 is 2.63 bits per heavy atom. The van der Waals surface area contributed by atoms with Gasteiger partial charge < -0.3 is 10.0 Å². The smallest absolute Gasteiger partial charge is 0.123 e. The van der Waals surface area contributed by atoms with Crippen LogP contribution in [-0.4, -0.2) is 12.2 Å². The molecule has 0 heterocycles. The molecule has 0 radical (unpaired) electrons. The fraction of sp³-hybridized carbons (Fsp3) is 0.250. The second-order valence-electron chi connectivity index (χ2n) is 4.78. The number of aryl methyl sites for hydroxylation is 1. The van der Waals surface area contributed by atoms with Crippen molar-refractivity contribution >= 4 is 5.69 Å². The molecule has 0 aromatic heterocycles. The van der Waals surface area contributed by atoms with Crippen LogP contribution in [0.2, 0.25) is 0 Å². The maximum absolute atomic E-state index is 13.1. The molecule has 100 valence electrons. The van der Waals surface area contributed by atoms with E-state index in [2.05, 4.69) is 25.1 Å². The van der Waals surface area contributed by atoms with Crippen LogP contribution in [0, 0.1) is 12.7 Å². The lowest BCUT2D eigenvalue weighted by Gasteiger charge is -2.22.